The predicted molar refractivity (Wildman–Crippen MR) is 79.1 cm³/mol. The molecule has 1 aliphatic rings. The average Bonchev–Trinajstić information content (AvgIpc) is 2.87. The molecule has 0 aromatic heterocycles. The molecule has 1 fully saturated rings. The van der Waals surface area contributed by atoms with Crippen LogP contribution in [0.2, 0.25) is 0 Å². The monoisotopic (exact) mass is 262 g/mol. The summed E-state index contributed by atoms with van der Waals surface area (Å²) in [6.45, 7) is 8.66. The number of methoxy groups -OCH3 is 1. The first-order chi connectivity index (χ1) is 9.13. The Labute approximate surface area is 116 Å². The normalized spacial score (nSPS) is 20.2. The maximum atomic E-state index is 5.77. The van der Waals surface area contributed by atoms with Crippen molar-refractivity contribution >= 4 is 0 Å². The van der Waals surface area contributed by atoms with Gasteiger partial charge in [0.2, 0.25) is 0 Å². The summed E-state index contributed by atoms with van der Waals surface area (Å²) in [5, 5.41) is 0. The molecule has 0 spiro atoms. The van der Waals surface area contributed by atoms with Gasteiger partial charge in [-0.25, -0.2) is 0 Å². The third-order valence-electron chi connectivity index (χ3n) is 4.22. The Bertz CT molecular complexity index is 417. The van der Waals surface area contributed by atoms with E-state index in [1.165, 1.54) is 25.1 Å². The molecule has 1 atom stereocenters. The first-order valence-electron chi connectivity index (χ1n) is 7.22. The van der Waals surface area contributed by atoms with Gasteiger partial charge in [-0.3, -0.25) is 4.90 Å². The summed E-state index contributed by atoms with van der Waals surface area (Å²) in [6, 6.07) is 6.37. The summed E-state index contributed by atoms with van der Waals surface area (Å²) >= 11 is 0. The molecule has 2 rings (SSSR count). The minimum Gasteiger partial charge on any atom is -0.496 e. The molecule has 19 heavy (non-hydrogen) atoms. The van der Waals surface area contributed by atoms with Gasteiger partial charge in [0.15, 0.2) is 0 Å². The Kier molecular flexibility index (Phi) is 4.83. The van der Waals surface area contributed by atoms with E-state index in [-0.39, 0.29) is 0 Å². The van der Waals surface area contributed by atoms with E-state index in [9.17, 15) is 0 Å². The number of rotatable bonds is 5. The zero-order valence-electron chi connectivity index (χ0n) is 12.4. The van der Waals surface area contributed by atoms with E-state index in [1.807, 2.05) is 6.07 Å². The molecule has 1 aliphatic heterocycles. The van der Waals surface area contributed by atoms with Crippen molar-refractivity contribution in [2.45, 2.75) is 33.4 Å². The van der Waals surface area contributed by atoms with Gasteiger partial charge in [0.25, 0.3) is 0 Å². The molecule has 0 aliphatic carbocycles. The minimum absolute atomic E-state index is 0.533. The summed E-state index contributed by atoms with van der Waals surface area (Å²) in [7, 11) is 1.70. The van der Waals surface area contributed by atoms with Crippen LogP contribution in [0.4, 0.5) is 0 Å². The van der Waals surface area contributed by atoms with Crippen molar-refractivity contribution in [3.05, 3.63) is 29.3 Å². The second-order valence-corrected chi connectivity index (χ2v) is 5.88. The number of nitrogens with two attached hydrogens (primary N) is 1. The van der Waals surface area contributed by atoms with E-state index in [1.54, 1.807) is 7.11 Å². The maximum Gasteiger partial charge on any atom is 0.123 e. The molecule has 1 saturated heterocycles. The van der Waals surface area contributed by atoms with E-state index < -0.39 is 0 Å². The van der Waals surface area contributed by atoms with E-state index in [2.05, 4.69) is 30.9 Å². The van der Waals surface area contributed by atoms with Crippen LogP contribution in [0, 0.1) is 11.8 Å². The van der Waals surface area contributed by atoms with E-state index in [4.69, 9.17) is 10.5 Å². The molecular formula is C16H26N2O. The Morgan fingerprint density at radius 1 is 1.42 bits per heavy atom. The Hall–Kier alpha value is -1.06. The maximum absolute atomic E-state index is 5.77. The van der Waals surface area contributed by atoms with Crippen molar-refractivity contribution in [2.24, 2.45) is 17.6 Å². The fraction of sp³-hybridized carbons (Fsp3) is 0.625. The lowest BCUT2D eigenvalue weighted by molar-refractivity contribution is 0.296. The standard InChI is InChI=1S/C16H26N2O/c1-12(2)14-6-7-18(11-14)10-13-4-5-16(19-3)15(8-13)9-17/h4-5,8,12,14H,6-7,9-11,17H2,1-3H3. The highest BCUT2D eigenvalue weighted by Gasteiger charge is 2.24. The molecule has 0 bridgehead atoms. The molecule has 3 heteroatoms. The molecule has 106 valence electrons. The quantitative estimate of drug-likeness (QED) is 0.886. The van der Waals surface area contributed by atoms with E-state index >= 15 is 0 Å². The van der Waals surface area contributed by atoms with Crippen LogP contribution in [-0.2, 0) is 13.1 Å². The largest absolute Gasteiger partial charge is 0.496 e. The molecule has 1 heterocycles. The van der Waals surface area contributed by atoms with Crippen molar-refractivity contribution < 1.29 is 4.74 Å². The van der Waals surface area contributed by atoms with Gasteiger partial charge in [-0.05, 0) is 42.5 Å². The van der Waals surface area contributed by atoms with Crippen LogP contribution in [0.1, 0.15) is 31.4 Å². The van der Waals surface area contributed by atoms with Gasteiger partial charge >= 0.3 is 0 Å². The zero-order chi connectivity index (χ0) is 13.8. The number of benzene rings is 1. The summed E-state index contributed by atoms with van der Waals surface area (Å²) in [6.07, 6.45) is 1.33. The lowest BCUT2D eigenvalue weighted by atomic mass is 9.95. The van der Waals surface area contributed by atoms with Gasteiger partial charge in [0.05, 0.1) is 7.11 Å². The van der Waals surface area contributed by atoms with Crippen LogP contribution < -0.4 is 10.5 Å². The predicted octanol–water partition coefficient (Wildman–Crippen LogP) is 2.63. The molecule has 2 N–H and O–H groups in total. The van der Waals surface area contributed by atoms with Crippen molar-refractivity contribution in [1.82, 2.24) is 4.90 Å². The second kappa shape index (κ2) is 6.40. The summed E-state index contributed by atoms with van der Waals surface area (Å²) in [4.78, 5) is 2.55. The van der Waals surface area contributed by atoms with Gasteiger partial charge in [-0.15, -0.1) is 0 Å². The lowest BCUT2D eigenvalue weighted by Crippen LogP contribution is -2.21. The smallest absolute Gasteiger partial charge is 0.123 e. The molecule has 0 amide bonds. The third kappa shape index (κ3) is 3.48. The van der Waals surface area contributed by atoms with Crippen LogP contribution in [-0.4, -0.2) is 25.1 Å². The molecule has 1 aromatic carbocycles. The van der Waals surface area contributed by atoms with Gasteiger partial charge in [-0.1, -0.05) is 19.9 Å². The van der Waals surface area contributed by atoms with Crippen LogP contribution in [0.15, 0.2) is 18.2 Å². The average molecular weight is 262 g/mol. The van der Waals surface area contributed by atoms with Crippen LogP contribution in [0.25, 0.3) is 0 Å². The molecule has 1 aromatic rings. The second-order valence-electron chi connectivity index (χ2n) is 5.88. The number of likely N-dealkylation sites (tertiary alicyclic amines) is 1. The number of hydrogen-bond acceptors (Lipinski definition) is 3. The van der Waals surface area contributed by atoms with Gasteiger partial charge in [-0.2, -0.15) is 0 Å². The van der Waals surface area contributed by atoms with Crippen LogP contribution in [0.5, 0.6) is 5.75 Å². The first kappa shape index (κ1) is 14.4. The van der Waals surface area contributed by atoms with E-state index in [0.717, 1.165) is 29.7 Å². The Morgan fingerprint density at radius 2 is 2.21 bits per heavy atom. The first-order valence-corrected chi connectivity index (χ1v) is 7.22. The highest BCUT2D eigenvalue weighted by Crippen LogP contribution is 2.26. The summed E-state index contributed by atoms with van der Waals surface area (Å²) in [5.41, 5.74) is 8.21. The highest BCUT2D eigenvalue weighted by molar-refractivity contribution is 5.37. The van der Waals surface area contributed by atoms with Gasteiger partial charge in [0, 0.05) is 25.2 Å². The fourth-order valence-corrected chi connectivity index (χ4v) is 2.90. The Balaban J connectivity index is 2.00. The number of ether oxygens (including phenoxy) is 1. The van der Waals surface area contributed by atoms with E-state index in [0.29, 0.717) is 6.54 Å². The van der Waals surface area contributed by atoms with Crippen molar-refractivity contribution in [2.75, 3.05) is 20.2 Å². The lowest BCUT2D eigenvalue weighted by Gasteiger charge is -2.18. The topological polar surface area (TPSA) is 38.5 Å². The van der Waals surface area contributed by atoms with Crippen molar-refractivity contribution in [3.63, 3.8) is 0 Å². The summed E-state index contributed by atoms with van der Waals surface area (Å²) < 4.78 is 5.32. The van der Waals surface area contributed by atoms with Crippen LogP contribution >= 0.6 is 0 Å². The minimum atomic E-state index is 0.533. The zero-order valence-corrected chi connectivity index (χ0v) is 12.4. The molecular weight excluding hydrogens is 236 g/mol. The molecule has 3 nitrogen and oxygen atoms in total. The fourth-order valence-electron chi connectivity index (χ4n) is 2.90. The third-order valence-corrected chi connectivity index (χ3v) is 4.22. The van der Waals surface area contributed by atoms with Gasteiger partial charge in [0.1, 0.15) is 5.75 Å². The Morgan fingerprint density at radius 3 is 2.79 bits per heavy atom. The molecule has 1 unspecified atom stereocenters. The molecule has 0 saturated carbocycles. The molecule has 0 radical (unpaired) electrons. The van der Waals surface area contributed by atoms with Crippen molar-refractivity contribution in [3.8, 4) is 5.75 Å². The van der Waals surface area contributed by atoms with Crippen LogP contribution in [0.3, 0.4) is 0 Å². The highest BCUT2D eigenvalue weighted by atomic mass is 16.5. The van der Waals surface area contributed by atoms with Gasteiger partial charge < -0.3 is 10.5 Å². The number of hydrogen-bond donors (Lipinski definition) is 1. The SMILES string of the molecule is COc1ccc(CN2CCC(C(C)C)C2)cc1CN. The van der Waals surface area contributed by atoms with Crippen molar-refractivity contribution in [1.29, 1.82) is 0 Å². The summed E-state index contributed by atoms with van der Waals surface area (Å²) in [5.74, 6) is 2.54. The number of nitrogens with zero attached hydrogens (tertiary/aromatic N) is 1.